The molecule has 0 fully saturated rings. The Hall–Kier alpha value is -1.23. The number of carboxylic acid groups (broad SMARTS) is 1. The van der Waals surface area contributed by atoms with E-state index in [4.69, 9.17) is 14.6 Å². The van der Waals surface area contributed by atoms with Gasteiger partial charge in [-0.25, -0.2) is 0 Å². The predicted octanol–water partition coefficient (Wildman–Crippen LogP) is 2.70. The van der Waals surface area contributed by atoms with Crippen LogP contribution in [-0.4, -0.2) is 24.3 Å². The van der Waals surface area contributed by atoms with Gasteiger partial charge < -0.3 is 14.6 Å². The van der Waals surface area contributed by atoms with Crippen LogP contribution in [0.5, 0.6) is 11.5 Å². The molecule has 5 heteroatoms. The van der Waals surface area contributed by atoms with Crippen LogP contribution >= 0.6 is 15.9 Å². The number of carbonyl (C=O) groups is 1. The minimum atomic E-state index is -0.873. The fourth-order valence-electron chi connectivity index (χ4n) is 1.10. The van der Waals surface area contributed by atoms with Crippen LogP contribution in [0.3, 0.4) is 0 Å². The molecule has 0 radical (unpaired) electrons. The monoisotopic (exact) mass is 288 g/mol. The third-order valence-electron chi connectivity index (χ3n) is 1.79. The smallest absolute Gasteiger partial charge is 0.306 e. The number of benzene rings is 1. The van der Waals surface area contributed by atoms with Crippen LogP contribution in [0.25, 0.3) is 0 Å². The lowest BCUT2D eigenvalue weighted by molar-refractivity contribution is -0.137. The highest BCUT2D eigenvalue weighted by molar-refractivity contribution is 9.10. The Morgan fingerprint density at radius 2 is 2.19 bits per heavy atom. The molecule has 0 saturated carbocycles. The maximum Gasteiger partial charge on any atom is 0.306 e. The second-order valence-electron chi connectivity index (χ2n) is 3.02. The van der Waals surface area contributed by atoms with Gasteiger partial charge in [0.1, 0.15) is 11.5 Å². The molecule has 0 spiro atoms. The highest BCUT2D eigenvalue weighted by Crippen LogP contribution is 2.29. The van der Waals surface area contributed by atoms with Crippen molar-refractivity contribution in [2.75, 3.05) is 13.2 Å². The molecule has 88 valence electrons. The molecule has 0 bridgehead atoms. The molecule has 16 heavy (non-hydrogen) atoms. The molecule has 1 N–H and O–H groups in total. The van der Waals surface area contributed by atoms with Crippen molar-refractivity contribution in [3.63, 3.8) is 0 Å². The van der Waals surface area contributed by atoms with E-state index in [0.717, 1.165) is 4.47 Å². The summed E-state index contributed by atoms with van der Waals surface area (Å²) >= 11 is 3.35. The summed E-state index contributed by atoms with van der Waals surface area (Å²) in [6, 6.07) is 5.30. The van der Waals surface area contributed by atoms with Gasteiger partial charge in [-0.15, -0.1) is 0 Å². The zero-order valence-corrected chi connectivity index (χ0v) is 10.5. The van der Waals surface area contributed by atoms with E-state index in [1.807, 2.05) is 6.92 Å². The van der Waals surface area contributed by atoms with Gasteiger partial charge in [0, 0.05) is 6.07 Å². The zero-order chi connectivity index (χ0) is 12.0. The van der Waals surface area contributed by atoms with Crippen LogP contribution < -0.4 is 9.47 Å². The van der Waals surface area contributed by atoms with Crippen molar-refractivity contribution in [2.45, 2.75) is 13.3 Å². The fraction of sp³-hybridized carbons (Fsp3) is 0.364. The van der Waals surface area contributed by atoms with E-state index in [0.29, 0.717) is 18.1 Å². The lowest BCUT2D eigenvalue weighted by Crippen LogP contribution is -2.05. The summed E-state index contributed by atoms with van der Waals surface area (Å²) < 4.78 is 11.5. The molecule has 1 aromatic rings. The first-order valence-corrected chi connectivity index (χ1v) is 5.69. The molecule has 0 unspecified atom stereocenters. The number of hydrogen-bond donors (Lipinski definition) is 1. The van der Waals surface area contributed by atoms with Crippen molar-refractivity contribution >= 4 is 21.9 Å². The van der Waals surface area contributed by atoms with Crippen LogP contribution in [0.2, 0.25) is 0 Å². The summed E-state index contributed by atoms with van der Waals surface area (Å²) in [6.45, 7) is 2.62. The largest absolute Gasteiger partial charge is 0.493 e. The summed E-state index contributed by atoms with van der Waals surface area (Å²) in [6.07, 6.45) is -0.0139. The molecule has 0 atom stereocenters. The molecule has 0 aliphatic heterocycles. The number of halogens is 1. The minimum absolute atomic E-state index is 0.0139. The van der Waals surface area contributed by atoms with Crippen molar-refractivity contribution in [3.8, 4) is 11.5 Å². The summed E-state index contributed by atoms with van der Waals surface area (Å²) in [7, 11) is 0. The Morgan fingerprint density at radius 1 is 1.44 bits per heavy atom. The molecule has 1 aromatic carbocycles. The van der Waals surface area contributed by atoms with Crippen molar-refractivity contribution in [3.05, 3.63) is 22.7 Å². The van der Waals surface area contributed by atoms with Crippen LogP contribution in [0.1, 0.15) is 13.3 Å². The van der Waals surface area contributed by atoms with Crippen molar-refractivity contribution in [1.82, 2.24) is 0 Å². The molecule has 1 rings (SSSR count). The van der Waals surface area contributed by atoms with Crippen LogP contribution in [0, 0.1) is 0 Å². The summed E-state index contributed by atoms with van der Waals surface area (Å²) in [5.74, 6) is 0.422. The molecule has 0 aliphatic carbocycles. The van der Waals surface area contributed by atoms with Crippen LogP contribution in [0.15, 0.2) is 22.7 Å². The van der Waals surface area contributed by atoms with E-state index in [1.54, 1.807) is 18.2 Å². The Morgan fingerprint density at radius 3 is 2.81 bits per heavy atom. The summed E-state index contributed by atoms with van der Waals surface area (Å²) in [5, 5.41) is 8.46. The van der Waals surface area contributed by atoms with Gasteiger partial charge in [-0.05, 0) is 35.0 Å². The predicted molar refractivity (Wildman–Crippen MR) is 63.1 cm³/mol. The lowest BCUT2D eigenvalue weighted by Gasteiger charge is -2.09. The van der Waals surface area contributed by atoms with E-state index < -0.39 is 5.97 Å². The second-order valence-corrected chi connectivity index (χ2v) is 3.87. The van der Waals surface area contributed by atoms with Gasteiger partial charge in [-0.2, -0.15) is 0 Å². The summed E-state index contributed by atoms with van der Waals surface area (Å²) in [5.41, 5.74) is 0. The number of rotatable bonds is 6. The normalized spacial score (nSPS) is 9.88. The average molecular weight is 289 g/mol. The minimum Gasteiger partial charge on any atom is -0.493 e. The average Bonchev–Trinajstić information content (AvgIpc) is 2.22. The molecular weight excluding hydrogens is 276 g/mol. The first-order valence-electron chi connectivity index (χ1n) is 4.90. The van der Waals surface area contributed by atoms with Gasteiger partial charge in [0.2, 0.25) is 0 Å². The number of carboxylic acids is 1. The van der Waals surface area contributed by atoms with Crippen molar-refractivity contribution < 1.29 is 19.4 Å². The van der Waals surface area contributed by atoms with E-state index >= 15 is 0 Å². The molecule has 0 aliphatic rings. The molecule has 0 saturated heterocycles. The Balaban J connectivity index is 2.60. The number of aliphatic carboxylic acids is 1. The maximum absolute atomic E-state index is 10.3. The number of ether oxygens (including phenoxy) is 2. The Kier molecular flexibility index (Phi) is 5.11. The zero-order valence-electron chi connectivity index (χ0n) is 8.90. The highest BCUT2D eigenvalue weighted by atomic mass is 79.9. The fourth-order valence-corrected chi connectivity index (χ4v) is 1.46. The lowest BCUT2D eigenvalue weighted by atomic mass is 10.3. The maximum atomic E-state index is 10.3. The molecular formula is C11H13BrO4. The second kappa shape index (κ2) is 6.37. The van der Waals surface area contributed by atoms with Gasteiger partial charge in [-0.1, -0.05) is 0 Å². The van der Waals surface area contributed by atoms with Gasteiger partial charge in [-0.3, -0.25) is 4.79 Å². The topological polar surface area (TPSA) is 55.8 Å². The molecule has 0 heterocycles. The van der Waals surface area contributed by atoms with Gasteiger partial charge >= 0.3 is 5.97 Å². The van der Waals surface area contributed by atoms with E-state index in [2.05, 4.69) is 15.9 Å². The van der Waals surface area contributed by atoms with Gasteiger partial charge in [0.05, 0.1) is 24.1 Å². The Labute approximate surface area is 102 Å². The van der Waals surface area contributed by atoms with Gasteiger partial charge in [0.25, 0.3) is 0 Å². The van der Waals surface area contributed by atoms with Crippen LogP contribution in [-0.2, 0) is 4.79 Å². The first kappa shape index (κ1) is 12.8. The Bertz CT molecular complexity index is 365. The third kappa shape index (κ3) is 4.10. The third-order valence-corrected chi connectivity index (χ3v) is 2.44. The van der Waals surface area contributed by atoms with E-state index in [9.17, 15) is 4.79 Å². The van der Waals surface area contributed by atoms with Gasteiger partial charge in [0.15, 0.2) is 0 Å². The summed E-state index contributed by atoms with van der Waals surface area (Å²) in [4.78, 5) is 10.3. The van der Waals surface area contributed by atoms with E-state index in [1.165, 1.54) is 0 Å². The molecule has 4 nitrogen and oxygen atoms in total. The van der Waals surface area contributed by atoms with Crippen molar-refractivity contribution in [2.24, 2.45) is 0 Å². The highest BCUT2D eigenvalue weighted by Gasteiger charge is 2.04. The number of hydrogen-bond acceptors (Lipinski definition) is 3. The standard InChI is InChI=1S/C11H13BrO4/c1-2-15-10-7-8(3-4-9(10)12)16-6-5-11(13)14/h3-4,7H,2,5-6H2,1H3,(H,13,14). The van der Waals surface area contributed by atoms with Crippen molar-refractivity contribution in [1.29, 1.82) is 0 Å². The van der Waals surface area contributed by atoms with Crippen LogP contribution in [0.4, 0.5) is 0 Å². The first-order chi connectivity index (χ1) is 7.63. The molecule has 0 amide bonds. The molecule has 0 aromatic heterocycles. The SMILES string of the molecule is CCOc1cc(OCCC(=O)O)ccc1Br. The van der Waals surface area contributed by atoms with E-state index in [-0.39, 0.29) is 13.0 Å². The quantitative estimate of drug-likeness (QED) is 0.874.